The third kappa shape index (κ3) is 5.53. The molecule has 0 radical (unpaired) electrons. The molecule has 1 unspecified atom stereocenters. The van der Waals surface area contributed by atoms with Crippen LogP contribution in [-0.4, -0.2) is 19.3 Å². The van der Waals surface area contributed by atoms with Crippen molar-refractivity contribution < 1.29 is 4.74 Å². The smallest absolute Gasteiger partial charge is 0.0488 e. The molecule has 0 aromatic heterocycles. The van der Waals surface area contributed by atoms with E-state index < -0.39 is 0 Å². The molecule has 0 amide bonds. The Morgan fingerprint density at radius 1 is 1.27 bits per heavy atom. The van der Waals surface area contributed by atoms with Gasteiger partial charge in [0.2, 0.25) is 0 Å². The molecule has 0 saturated heterocycles. The second kappa shape index (κ2) is 7.24. The van der Waals surface area contributed by atoms with Gasteiger partial charge >= 0.3 is 0 Å². The van der Waals surface area contributed by atoms with Gasteiger partial charge in [-0.15, -0.1) is 0 Å². The Morgan fingerprint density at radius 3 is 2.53 bits per heavy atom. The Kier molecular flexibility index (Phi) is 6.26. The van der Waals surface area contributed by atoms with Crippen molar-refractivity contribution in [2.75, 3.05) is 13.2 Å². The van der Waals surface area contributed by atoms with E-state index in [2.05, 4.69) is 13.8 Å². The number of ether oxygens (including phenoxy) is 1. The average Bonchev–Trinajstić information content (AvgIpc) is 2.69. The number of hydrogen-bond acceptors (Lipinski definition) is 2. The summed E-state index contributed by atoms with van der Waals surface area (Å²) in [5, 5.41) is 0. The lowest BCUT2D eigenvalue weighted by Gasteiger charge is -2.18. The summed E-state index contributed by atoms with van der Waals surface area (Å²) in [6.45, 7) is 6.14. The third-order valence-electron chi connectivity index (χ3n) is 3.28. The van der Waals surface area contributed by atoms with Crippen LogP contribution in [0.1, 0.15) is 52.4 Å². The normalized spacial score (nSPS) is 20.0. The van der Waals surface area contributed by atoms with Crippen LogP contribution in [0.2, 0.25) is 0 Å². The summed E-state index contributed by atoms with van der Waals surface area (Å²) in [6.07, 6.45) is 7.76. The van der Waals surface area contributed by atoms with Crippen LogP contribution in [0, 0.1) is 11.8 Å². The van der Waals surface area contributed by atoms with Crippen molar-refractivity contribution in [3.8, 4) is 0 Å². The first-order valence-corrected chi connectivity index (χ1v) is 6.53. The van der Waals surface area contributed by atoms with Gasteiger partial charge in [0.1, 0.15) is 0 Å². The molecule has 0 aromatic carbocycles. The summed E-state index contributed by atoms with van der Waals surface area (Å²) < 4.78 is 5.55. The van der Waals surface area contributed by atoms with E-state index in [4.69, 9.17) is 10.5 Å². The van der Waals surface area contributed by atoms with E-state index in [0.717, 1.165) is 32.0 Å². The number of nitrogens with two attached hydrogens (primary N) is 1. The van der Waals surface area contributed by atoms with Gasteiger partial charge in [0.15, 0.2) is 0 Å². The monoisotopic (exact) mass is 213 g/mol. The van der Waals surface area contributed by atoms with Crippen LogP contribution in [0.15, 0.2) is 0 Å². The minimum Gasteiger partial charge on any atom is -0.381 e. The molecule has 0 bridgehead atoms. The van der Waals surface area contributed by atoms with Gasteiger partial charge in [0.05, 0.1) is 0 Å². The van der Waals surface area contributed by atoms with E-state index >= 15 is 0 Å². The average molecular weight is 213 g/mol. The van der Waals surface area contributed by atoms with Crippen molar-refractivity contribution in [1.82, 2.24) is 0 Å². The first-order chi connectivity index (χ1) is 7.20. The van der Waals surface area contributed by atoms with Crippen molar-refractivity contribution in [3.05, 3.63) is 0 Å². The molecule has 2 nitrogen and oxygen atoms in total. The molecule has 0 aliphatic heterocycles. The maximum atomic E-state index is 6.17. The number of rotatable bonds is 7. The summed E-state index contributed by atoms with van der Waals surface area (Å²) in [5.41, 5.74) is 6.17. The summed E-state index contributed by atoms with van der Waals surface area (Å²) in [4.78, 5) is 0. The first kappa shape index (κ1) is 13.0. The summed E-state index contributed by atoms with van der Waals surface area (Å²) >= 11 is 0. The van der Waals surface area contributed by atoms with Gasteiger partial charge in [-0.2, -0.15) is 0 Å². The van der Waals surface area contributed by atoms with Gasteiger partial charge in [-0.3, -0.25) is 0 Å². The fraction of sp³-hybridized carbons (Fsp3) is 1.00. The molecular weight excluding hydrogens is 186 g/mol. The number of hydrogen-bond donors (Lipinski definition) is 1. The summed E-state index contributed by atoms with van der Waals surface area (Å²) in [7, 11) is 0. The zero-order valence-electron chi connectivity index (χ0n) is 10.4. The Hall–Kier alpha value is -0.0800. The molecule has 1 aliphatic carbocycles. The zero-order chi connectivity index (χ0) is 11.1. The predicted molar refractivity (Wildman–Crippen MR) is 64.8 cm³/mol. The molecule has 0 heterocycles. The molecule has 2 N–H and O–H groups in total. The first-order valence-electron chi connectivity index (χ1n) is 6.53. The lowest BCUT2D eigenvalue weighted by atomic mass is 9.95. The molecule has 90 valence electrons. The van der Waals surface area contributed by atoms with Crippen molar-refractivity contribution in [3.63, 3.8) is 0 Å². The van der Waals surface area contributed by atoms with Crippen LogP contribution in [0.5, 0.6) is 0 Å². The van der Waals surface area contributed by atoms with E-state index in [1.54, 1.807) is 0 Å². The molecule has 15 heavy (non-hydrogen) atoms. The predicted octanol–water partition coefficient (Wildman–Crippen LogP) is 2.96. The van der Waals surface area contributed by atoms with Gasteiger partial charge in [0.25, 0.3) is 0 Å². The standard InChI is InChI=1S/C13H27NO/c1-11(2)10-15-9-5-8-13(14)12-6-3-4-7-12/h11-13H,3-10,14H2,1-2H3. The molecule has 1 saturated carbocycles. The van der Waals surface area contributed by atoms with Gasteiger partial charge in [-0.1, -0.05) is 26.7 Å². The van der Waals surface area contributed by atoms with E-state index in [-0.39, 0.29) is 0 Å². The largest absolute Gasteiger partial charge is 0.381 e. The van der Waals surface area contributed by atoms with Gasteiger partial charge < -0.3 is 10.5 Å². The maximum absolute atomic E-state index is 6.17. The van der Waals surface area contributed by atoms with E-state index in [0.29, 0.717) is 12.0 Å². The second-order valence-electron chi connectivity index (χ2n) is 5.32. The Bertz CT molecular complexity index is 153. The van der Waals surface area contributed by atoms with Crippen molar-refractivity contribution in [1.29, 1.82) is 0 Å². The highest BCUT2D eigenvalue weighted by atomic mass is 16.5. The third-order valence-corrected chi connectivity index (χ3v) is 3.28. The SMILES string of the molecule is CC(C)COCCCC(N)C1CCCC1. The summed E-state index contributed by atoms with van der Waals surface area (Å²) in [6, 6.07) is 0.426. The van der Waals surface area contributed by atoms with Crippen molar-refractivity contribution in [2.24, 2.45) is 17.6 Å². The lowest BCUT2D eigenvalue weighted by Crippen LogP contribution is -2.28. The van der Waals surface area contributed by atoms with Crippen molar-refractivity contribution >= 4 is 0 Å². The molecule has 0 aromatic rings. The highest BCUT2D eigenvalue weighted by Crippen LogP contribution is 2.28. The van der Waals surface area contributed by atoms with E-state index in [1.807, 2.05) is 0 Å². The van der Waals surface area contributed by atoms with Crippen molar-refractivity contribution in [2.45, 2.75) is 58.4 Å². The summed E-state index contributed by atoms with van der Waals surface area (Å²) in [5.74, 6) is 1.45. The fourth-order valence-corrected chi connectivity index (χ4v) is 2.36. The zero-order valence-corrected chi connectivity index (χ0v) is 10.4. The minimum atomic E-state index is 0.426. The minimum absolute atomic E-state index is 0.426. The Balaban J connectivity index is 1.94. The maximum Gasteiger partial charge on any atom is 0.0488 e. The molecule has 0 spiro atoms. The topological polar surface area (TPSA) is 35.2 Å². The molecule has 1 rings (SSSR count). The highest BCUT2D eigenvalue weighted by Gasteiger charge is 2.21. The molecule has 2 heteroatoms. The van der Waals surface area contributed by atoms with Gasteiger partial charge in [0, 0.05) is 19.3 Å². The molecule has 1 aliphatic rings. The molecular formula is C13H27NO. The van der Waals surface area contributed by atoms with Crippen LogP contribution in [0.3, 0.4) is 0 Å². The van der Waals surface area contributed by atoms with E-state index in [9.17, 15) is 0 Å². The van der Waals surface area contributed by atoms with Crippen LogP contribution in [0.25, 0.3) is 0 Å². The molecule has 1 atom stereocenters. The fourth-order valence-electron chi connectivity index (χ4n) is 2.36. The highest BCUT2D eigenvalue weighted by molar-refractivity contribution is 4.77. The van der Waals surface area contributed by atoms with Crippen LogP contribution in [-0.2, 0) is 4.74 Å². The second-order valence-corrected chi connectivity index (χ2v) is 5.32. The lowest BCUT2D eigenvalue weighted by molar-refractivity contribution is 0.104. The van der Waals surface area contributed by atoms with Crippen LogP contribution in [0.4, 0.5) is 0 Å². The van der Waals surface area contributed by atoms with Gasteiger partial charge in [-0.25, -0.2) is 0 Å². The molecule has 1 fully saturated rings. The van der Waals surface area contributed by atoms with Gasteiger partial charge in [-0.05, 0) is 37.5 Å². The Morgan fingerprint density at radius 2 is 1.93 bits per heavy atom. The van der Waals surface area contributed by atoms with E-state index in [1.165, 1.54) is 25.7 Å². The Labute approximate surface area is 94.6 Å². The van der Waals surface area contributed by atoms with Crippen LogP contribution < -0.4 is 5.73 Å². The van der Waals surface area contributed by atoms with Crippen LogP contribution >= 0.6 is 0 Å². The quantitative estimate of drug-likeness (QED) is 0.660.